The molecule has 0 fully saturated rings. The van der Waals surface area contributed by atoms with Gasteiger partial charge in [0.05, 0.1) is 19.9 Å². The van der Waals surface area contributed by atoms with Crippen molar-refractivity contribution in [1.29, 1.82) is 0 Å². The van der Waals surface area contributed by atoms with Crippen LogP contribution in [0.2, 0.25) is 0 Å². The molecule has 4 heteroatoms. The Morgan fingerprint density at radius 3 is 2.65 bits per heavy atom. The SMILES string of the molecule is CCOCCCNc1ccc(OC)cc1OC. The van der Waals surface area contributed by atoms with Gasteiger partial charge in [-0.2, -0.15) is 0 Å². The van der Waals surface area contributed by atoms with E-state index in [2.05, 4.69) is 5.32 Å². The van der Waals surface area contributed by atoms with Crippen molar-refractivity contribution >= 4 is 5.69 Å². The molecular weight excluding hydrogens is 218 g/mol. The van der Waals surface area contributed by atoms with Crippen molar-refractivity contribution in [3.05, 3.63) is 18.2 Å². The summed E-state index contributed by atoms with van der Waals surface area (Å²) in [6.07, 6.45) is 0.975. The molecule has 0 bridgehead atoms. The Morgan fingerprint density at radius 1 is 1.18 bits per heavy atom. The molecule has 0 saturated heterocycles. The van der Waals surface area contributed by atoms with Crippen LogP contribution >= 0.6 is 0 Å². The minimum absolute atomic E-state index is 0.770. The Kier molecular flexibility index (Phi) is 6.25. The normalized spacial score (nSPS) is 10.1. The molecule has 1 aromatic carbocycles. The fraction of sp³-hybridized carbons (Fsp3) is 0.538. The summed E-state index contributed by atoms with van der Waals surface area (Å²) in [5.74, 6) is 1.59. The second kappa shape index (κ2) is 7.79. The molecule has 0 atom stereocenters. The Hall–Kier alpha value is -1.42. The molecule has 0 amide bonds. The lowest BCUT2D eigenvalue weighted by Gasteiger charge is -2.12. The highest BCUT2D eigenvalue weighted by atomic mass is 16.5. The third-order valence-electron chi connectivity index (χ3n) is 2.39. The Balaban J connectivity index is 2.46. The number of methoxy groups -OCH3 is 2. The molecule has 96 valence electrons. The van der Waals surface area contributed by atoms with Gasteiger partial charge in [-0.1, -0.05) is 0 Å². The number of rotatable bonds is 8. The number of nitrogens with one attached hydrogen (secondary N) is 1. The maximum Gasteiger partial charge on any atom is 0.145 e. The van der Waals surface area contributed by atoms with Crippen molar-refractivity contribution < 1.29 is 14.2 Å². The topological polar surface area (TPSA) is 39.7 Å². The van der Waals surface area contributed by atoms with Crippen molar-refractivity contribution in [2.75, 3.05) is 39.3 Å². The maximum atomic E-state index is 5.29. The van der Waals surface area contributed by atoms with Crippen LogP contribution in [0.5, 0.6) is 11.5 Å². The lowest BCUT2D eigenvalue weighted by molar-refractivity contribution is 0.147. The van der Waals surface area contributed by atoms with E-state index in [0.717, 1.165) is 43.4 Å². The molecule has 0 spiro atoms. The predicted molar refractivity (Wildman–Crippen MR) is 69.1 cm³/mol. The van der Waals surface area contributed by atoms with E-state index in [1.807, 2.05) is 25.1 Å². The fourth-order valence-corrected chi connectivity index (χ4v) is 1.49. The van der Waals surface area contributed by atoms with Crippen molar-refractivity contribution in [3.8, 4) is 11.5 Å². The number of anilines is 1. The maximum absolute atomic E-state index is 5.29. The molecule has 0 radical (unpaired) electrons. The second-order valence-electron chi connectivity index (χ2n) is 3.54. The van der Waals surface area contributed by atoms with Crippen molar-refractivity contribution in [1.82, 2.24) is 0 Å². The standard InChI is InChI=1S/C13H21NO3/c1-4-17-9-5-8-14-12-7-6-11(15-2)10-13(12)16-3/h6-7,10,14H,4-5,8-9H2,1-3H3. The minimum Gasteiger partial charge on any atom is -0.497 e. The number of hydrogen-bond donors (Lipinski definition) is 1. The third-order valence-corrected chi connectivity index (χ3v) is 2.39. The Morgan fingerprint density at radius 2 is 2.00 bits per heavy atom. The number of benzene rings is 1. The molecule has 0 saturated carbocycles. The molecule has 1 aromatic rings. The summed E-state index contributed by atoms with van der Waals surface area (Å²) in [5.41, 5.74) is 0.977. The highest BCUT2D eigenvalue weighted by molar-refractivity contribution is 5.59. The molecule has 0 aliphatic carbocycles. The summed E-state index contributed by atoms with van der Waals surface area (Å²) < 4.78 is 15.7. The molecule has 1 rings (SSSR count). The summed E-state index contributed by atoms with van der Waals surface area (Å²) in [5, 5.41) is 3.31. The van der Waals surface area contributed by atoms with Gasteiger partial charge in [0.25, 0.3) is 0 Å². The second-order valence-corrected chi connectivity index (χ2v) is 3.54. The Labute approximate surface area is 103 Å². The first-order chi connectivity index (χ1) is 8.31. The molecule has 0 unspecified atom stereocenters. The highest BCUT2D eigenvalue weighted by Gasteiger charge is 2.03. The average molecular weight is 239 g/mol. The van der Waals surface area contributed by atoms with E-state index in [9.17, 15) is 0 Å². The molecular formula is C13H21NO3. The molecule has 0 aliphatic heterocycles. The van der Waals surface area contributed by atoms with E-state index in [1.54, 1.807) is 14.2 Å². The first-order valence-corrected chi connectivity index (χ1v) is 5.85. The van der Waals surface area contributed by atoms with E-state index >= 15 is 0 Å². The van der Waals surface area contributed by atoms with Gasteiger partial charge in [0, 0.05) is 25.8 Å². The summed E-state index contributed by atoms with van der Waals surface area (Å²) in [7, 11) is 3.30. The fourth-order valence-electron chi connectivity index (χ4n) is 1.49. The van der Waals surface area contributed by atoms with Crippen molar-refractivity contribution in [3.63, 3.8) is 0 Å². The monoisotopic (exact) mass is 239 g/mol. The molecule has 0 aliphatic rings. The van der Waals surface area contributed by atoms with E-state index in [-0.39, 0.29) is 0 Å². The van der Waals surface area contributed by atoms with Gasteiger partial charge >= 0.3 is 0 Å². The van der Waals surface area contributed by atoms with Crippen LogP contribution in [0.15, 0.2) is 18.2 Å². The highest BCUT2D eigenvalue weighted by Crippen LogP contribution is 2.28. The van der Waals surface area contributed by atoms with E-state index in [0.29, 0.717) is 0 Å². The van der Waals surface area contributed by atoms with Crippen LogP contribution in [0.1, 0.15) is 13.3 Å². The van der Waals surface area contributed by atoms with Crippen LogP contribution in [-0.4, -0.2) is 34.0 Å². The van der Waals surface area contributed by atoms with Gasteiger partial charge in [-0.15, -0.1) is 0 Å². The molecule has 0 heterocycles. The average Bonchev–Trinajstić information content (AvgIpc) is 2.38. The Bertz CT molecular complexity index is 328. The molecule has 17 heavy (non-hydrogen) atoms. The van der Waals surface area contributed by atoms with E-state index in [4.69, 9.17) is 14.2 Å². The predicted octanol–water partition coefficient (Wildman–Crippen LogP) is 2.54. The van der Waals surface area contributed by atoms with Crippen molar-refractivity contribution in [2.24, 2.45) is 0 Å². The summed E-state index contributed by atoms with van der Waals surface area (Å²) in [6.45, 7) is 4.41. The van der Waals surface area contributed by atoms with Gasteiger partial charge in [0.2, 0.25) is 0 Å². The van der Waals surface area contributed by atoms with Crippen LogP contribution in [0, 0.1) is 0 Å². The molecule has 4 nitrogen and oxygen atoms in total. The zero-order valence-corrected chi connectivity index (χ0v) is 10.8. The lowest BCUT2D eigenvalue weighted by atomic mass is 10.2. The zero-order valence-electron chi connectivity index (χ0n) is 10.8. The summed E-state index contributed by atoms with van der Waals surface area (Å²) in [4.78, 5) is 0. The summed E-state index contributed by atoms with van der Waals surface area (Å²) in [6, 6.07) is 5.73. The first-order valence-electron chi connectivity index (χ1n) is 5.85. The van der Waals surface area contributed by atoms with Gasteiger partial charge < -0.3 is 19.5 Å². The minimum atomic E-state index is 0.770. The van der Waals surface area contributed by atoms with Gasteiger partial charge in [-0.3, -0.25) is 0 Å². The molecule has 1 N–H and O–H groups in total. The van der Waals surface area contributed by atoms with Crippen LogP contribution in [-0.2, 0) is 4.74 Å². The van der Waals surface area contributed by atoms with Gasteiger partial charge in [0.1, 0.15) is 11.5 Å². The number of hydrogen-bond acceptors (Lipinski definition) is 4. The van der Waals surface area contributed by atoms with Crippen LogP contribution in [0.25, 0.3) is 0 Å². The van der Waals surface area contributed by atoms with E-state index < -0.39 is 0 Å². The van der Waals surface area contributed by atoms with Gasteiger partial charge in [-0.05, 0) is 25.5 Å². The largest absolute Gasteiger partial charge is 0.497 e. The van der Waals surface area contributed by atoms with E-state index in [1.165, 1.54) is 0 Å². The van der Waals surface area contributed by atoms with Crippen molar-refractivity contribution in [2.45, 2.75) is 13.3 Å². The van der Waals surface area contributed by atoms with Gasteiger partial charge in [0.15, 0.2) is 0 Å². The van der Waals surface area contributed by atoms with Crippen LogP contribution in [0.3, 0.4) is 0 Å². The quantitative estimate of drug-likeness (QED) is 0.708. The van der Waals surface area contributed by atoms with Crippen LogP contribution < -0.4 is 14.8 Å². The zero-order chi connectivity index (χ0) is 12.5. The van der Waals surface area contributed by atoms with Gasteiger partial charge in [-0.25, -0.2) is 0 Å². The molecule has 0 aromatic heterocycles. The first kappa shape index (κ1) is 13.6. The third kappa shape index (κ3) is 4.53. The smallest absolute Gasteiger partial charge is 0.145 e. The lowest BCUT2D eigenvalue weighted by Crippen LogP contribution is -2.06. The number of ether oxygens (including phenoxy) is 3. The van der Waals surface area contributed by atoms with Crippen LogP contribution in [0.4, 0.5) is 5.69 Å². The summed E-state index contributed by atoms with van der Waals surface area (Å²) >= 11 is 0.